The van der Waals surface area contributed by atoms with Gasteiger partial charge >= 0.3 is 0 Å². The zero-order valence-electron chi connectivity index (χ0n) is 12.4. The smallest absolute Gasteiger partial charge is 0.0880 e. The number of rotatable bonds is 4. The first-order chi connectivity index (χ1) is 8.97. The van der Waals surface area contributed by atoms with Gasteiger partial charge in [-0.15, -0.1) is 0 Å². The molecule has 0 spiro atoms. The monoisotopic (exact) mass is 278 g/mol. The van der Waals surface area contributed by atoms with Crippen LogP contribution in [0.15, 0.2) is 24.3 Å². The van der Waals surface area contributed by atoms with Crippen molar-refractivity contribution in [3.8, 4) is 0 Å². The zero-order valence-corrected chi connectivity index (χ0v) is 13.2. The Morgan fingerprint density at radius 1 is 1.16 bits per heavy atom. The zero-order chi connectivity index (χ0) is 13.9. The highest BCUT2D eigenvalue weighted by molar-refractivity contribution is 7.99. The fourth-order valence-corrected chi connectivity index (χ4v) is 3.90. The van der Waals surface area contributed by atoms with E-state index >= 15 is 0 Å². The van der Waals surface area contributed by atoms with Gasteiger partial charge in [-0.25, -0.2) is 0 Å². The van der Waals surface area contributed by atoms with E-state index in [0.29, 0.717) is 0 Å². The number of aliphatic hydroxyl groups is 1. The predicted octanol–water partition coefficient (Wildman–Crippen LogP) is 4.69. The second-order valence-corrected chi connectivity index (χ2v) is 7.96. The number of thioether (sulfide) groups is 1. The van der Waals surface area contributed by atoms with Crippen molar-refractivity contribution in [2.45, 2.75) is 63.2 Å². The van der Waals surface area contributed by atoms with Gasteiger partial charge in [0.05, 0.1) is 6.10 Å². The molecule has 2 heteroatoms. The highest BCUT2D eigenvalue weighted by atomic mass is 32.2. The molecule has 1 saturated carbocycles. The van der Waals surface area contributed by atoms with Crippen molar-refractivity contribution in [3.63, 3.8) is 0 Å². The van der Waals surface area contributed by atoms with Crippen LogP contribution in [0.25, 0.3) is 0 Å². The SMILES string of the molecule is CC(C)(C)c1ccc(C(O)CSC2CCCC2)cc1. The summed E-state index contributed by atoms with van der Waals surface area (Å²) in [5.41, 5.74) is 2.56. The fourth-order valence-electron chi connectivity index (χ4n) is 2.58. The number of benzene rings is 1. The quantitative estimate of drug-likeness (QED) is 0.862. The van der Waals surface area contributed by atoms with Crippen LogP contribution in [0, 0.1) is 0 Å². The summed E-state index contributed by atoms with van der Waals surface area (Å²) in [6.45, 7) is 6.65. The van der Waals surface area contributed by atoms with Gasteiger partial charge in [0.15, 0.2) is 0 Å². The average Bonchev–Trinajstić information content (AvgIpc) is 2.88. The number of aliphatic hydroxyl groups excluding tert-OH is 1. The molecule has 0 aliphatic heterocycles. The minimum atomic E-state index is -0.320. The molecular formula is C17H26OS. The Morgan fingerprint density at radius 2 is 1.74 bits per heavy atom. The summed E-state index contributed by atoms with van der Waals surface area (Å²) in [5.74, 6) is 0.833. The first-order valence-electron chi connectivity index (χ1n) is 7.37. The van der Waals surface area contributed by atoms with Crippen molar-refractivity contribution in [1.29, 1.82) is 0 Å². The first kappa shape index (κ1) is 14.9. The number of hydrogen-bond acceptors (Lipinski definition) is 2. The second-order valence-electron chi connectivity index (χ2n) is 6.63. The van der Waals surface area contributed by atoms with E-state index in [2.05, 4.69) is 45.0 Å². The summed E-state index contributed by atoms with van der Waals surface area (Å²) in [5, 5.41) is 11.0. The van der Waals surface area contributed by atoms with Gasteiger partial charge in [-0.1, -0.05) is 57.9 Å². The van der Waals surface area contributed by atoms with Gasteiger partial charge < -0.3 is 5.11 Å². The van der Waals surface area contributed by atoms with Gasteiger partial charge in [0.25, 0.3) is 0 Å². The largest absolute Gasteiger partial charge is 0.388 e. The van der Waals surface area contributed by atoms with Crippen LogP contribution in [0.1, 0.15) is 63.7 Å². The standard InChI is InChI=1S/C17H26OS/c1-17(2,3)14-10-8-13(9-11-14)16(18)12-19-15-6-4-5-7-15/h8-11,15-16,18H,4-7,12H2,1-3H3. The Hall–Kier alpha value is -0.470. The molecule has 1 aromatic carbocycles. The lowest BCUT2D eigenvalue weighted by molar-refractivity contribution is 0.204. The maximum atomic E-state index is 10.3. The van der Waals surface area contributed by atoms with Crippen LogP contribution < -0.4 is 0 Å². The molecule has 1 unspecified atom stereocenters. The third kappa shape index (κ3) is 4.25. The lowest BCUT2D eigenvalue weighted by Gasteiger charge is -2.20. The summed E-state index contributed by atoms with van der Waals surface area (Å²) in [7, 11) is 0. The average molecular weight is 278 g/mol. The maximum Gasteiger partial charge on any atom is 0.0880 e. The Kier molecular flexibility index (Phi) is 4.97. The minimum Gasteiger partial charge on any atom is -0.388 e. The van der Waals surface area contributed by atoms with Crippen molar-refractivity contribution in [2.75, 3.05) is 5.75 Å². The third-order valence-electron chi connectivity index (χ3n) is 3.95. The Balaban J connectivity index is 1.89. The van der Waals surface area contributed by atoms with Gasteiger partial charge in [-0.05, 0) is 29.4 Å². The van der Waals surface area contributed by atoms with E-state index in [1.54, 1.807) is 0 Å². The molecule has 0 aromatic heterocycles. The van der Waals surface area contributed by atoms with E-state index in [0.717, 1.165) is 16.6 Å². The molecule has 0 bridgehead atoms. The minimum absolute atomic E-state index is 0.183. The predicted molar refractivity (Wildman–Crippen MR) is 84.8 cm³/mol. The van der Waals surface area contributed by atoms with Gasteiger partial charge in [-0.2, -0.15) is 11.8 Å². The van der Waals surface area contributed by atoms with Crippen LogP contribution in [0.5, 0.6) is 0 Å². The van der Waals surface area contributed by atoms with Crippen LogP contribution in [0.4, 0.5) is 0 Å². The molecule has 2 rings (SSSR count). The molecule has 0 radical (unpaired) electrons. The van der Waals surface area contributed by atoms with Crippen molar-refractivity contribution in [3.05, 3.63) is 35.4 Å². The van der Waals surface area contributed by atoms with Crippen LogP contribution >= 0.6 is 11.8 Å². The molecule has 0 amide bonds. The van der Waals surface area contributed by atoms with Crippen LogP contribution in [0.2, 0.25) is 0 Å². The van der Waals surface area contributed by atoms with E-state index in [4.69, 9.17) is 0 Å². The third-order valence-corrected chi connectivity index (χ3v) is 5.40. The van der Waals surface area contributed by atoms with Gasteiger partial charge in [0, 0.05) is 11.0 Å². The molecule has 1 fully saturated rings. The molecule has 0 heterocycles. The molecule has 0 saturated heterocycles. The van der Waals surface area contributed by atoms with Crippen molar-refractivity contribution < 1.29 is 5.11 Å². The van der Waals surface area contributed by atoms with Crippen molar-refractivity contribution in [1.82, 2.24) is 0 Å². The summed E-state index contributed by atoms with van der Waals surface area (Å²) in [6, 6.07) is 8.47. The Labute approximate surface area is 121 Å². The second kappa shape index (κ2) is 6.32. The Bertz CT molecular complexity index is 385. The molecule has 1 aromatic rings. The van der Waals surface area contributed by atoms with E-state index in [9.17, 15) is 5.11 Å². The normalized spacial score (nSPS) is 18.7. The molecule has 1 nitrogen and oxygen atoms in total. The highest BCUT2D eigenvalue weighted by Gasteiger charge is 2.18. The van der Waals surface area contributed by atoms with E-state index in [-0.39, 0.29) is 11.5 Å². The van der Waals surface area contributed by atoms with Gasteiger partial charge in [0.1, 0.15) is 0 Å². The first-order valence-corrected chi connectivity index (χ1v) is 8.42. The molecule has 19 heavy (non-hydrogen) atoms. The molecule has 1 atom stereocenters. The summed E-state index contributed by atoms with van der Waals surface area (Å²) < 4.78 is 0. The highest BCUT2D eigenvalue weighted by Crippen LogP contribution is 2.32. The topological polar surface area (TPSA) is 20.2 Å². The van der Waals surface area contributed by atoms with Crippen LogP contribution in [-0.2, 0) is 5.41 Å². The maximum absolute atomic E-state index is 10.3. The molecular weight excluding hydrogens is 252 g/mol. The van der Waals surface area contributed by atoms with Crippen LogP contribution in [-0.4, -0.2) is 16.1 Å². The summed E-state index contributed by atoms with van der Waals surface area (Å²) in [4.78, 5) is 0. The van der Waals surface area contributed by atoms with Gasteiger partial charge in [-0.3, -0.25) is 0 Å². The van der Waals surface area contributed by atoms with Crippen LogP contribution in [0.3, 0.4) is 0 Å². The lowest BCUT2D eigenvalue weighted by atomic mass is 9.86. The molecule has 1 aliphatic rings. The Morgan fingerprint density at radius 3 is 2.26 bits per heavy atom. The number of hydrogen-bond donors (Lipinski definition) is 1. The summed E-state index contributed by atoms with van der Waals surface area (Å²) in [6.07, 6.45) is 5.09. The van der Waals surface area contributed by atoms with Crippen molar-refractivity contribution >= 4 is 11.8 Å². The molecule has 1 N–H and O–H groups in total. The summed E-state index contributed by atoms with van der Waals surface area (Å²) >= 11 is 1.95. The fraction of sp³-hybridized carbons (Fsp3) is 0.647. The lowest BCUT2D eigenvalue weighted by Crippen LogP contribution is -2.11. The van der Waals surface area contributed by atoms with E-state index in [1.807, 2.05) is 11.8 Å². The van der Waals surface area contributed by atoms with Gasteiger partial charge in [0.2, 0.25) is 0 Å². The van der Waals surface area contributed by atoms with E-state index < -0.39 is 0 Å². The molecule has 1 aliphatic carbocycles. The molecule has 106 valence electrons. The van der Waals surface area contributed by atoms with Crippen molar-refractivity contribution in [2.24, 2.45) is 0 Å². The van der Waals surface area contributed by atoms with E-state index in [1.165, 1.54) is 31.2 Å².